The van der Waals surface area contributed by atoms with E-state index < -0.39 is 0 Å². The van der Waals surface area contributed by atoms with Crippen molar-refractivity contribution < 1.29 is 0 Å². The molecule has 0 saturated carbocycles. The summed E-state index contributed by atoms with van der Waals surface area (Å²) in [4.78, 5) is 4.64. The highest BCUT2D eigenvalue weighted by Crippen LogP contribution is 2.09. The van der Waals surface area contributed by atoms with Gasteiger partial charge in [-0.2, -0.15) is 5.10 Å². The van der Waals surface area contributed by atoms with Crippen LogP contribution in [0, 0.1) is 5.92 Å². The van der Waals surface area contributed by atoms with Crippen molar-refractivity contribution in [2.45, 2.75) is 33.7 Å². The molecule has 124 valence electrons. The molecule has 0 saturated heterocycles. The number of benzene rings is 1. The zero-order chi connectivity index (χ0) is 16.5. The van der Waals surface area contributed by atoms with Gasteiger partial charge in [0.05, 0.1) is 12.2 Å². The fourth-order valence-electron chi connectivity index (χ4n) is 2.17. The molecule has 1 aromatic carbocycles. The molecule has 0 atom stereocenters. The van der Waals surface area contributed by atoms with E-state index in [1.807, 2.05) is 16.9 Å². The zero-order valence-electron chi connectivity index (χ0n) is 14.3. The van der Waals surface area contributed by atoms with Gasteiger partial charge in [0.2, 0.25) is 0 Å². The lowest BCUT2D eigenvalue weighted by Crippen LogP contribution is -2.38. The molecule has 0 bridgehead atoms. The van der Waals surface area contributed by atoms with Crippen molar-refractivity contribution in [2.24, 2.45) is 10.9 Å². The van der Waals surface area contributed by atoms with Gasteiger partial charge in [0.15, 0.2) is 5.96 Å². The van der Waals surface area contributed by atoms with Crippen molar-refractivity contribution in [1.82, 2.24) is 20.4 Å². The lowest BCUT2D eigenvalue weighted by Gasteiger charge is -2.12. The van der Waals surface area contributed by atoms with Crippen LogP contribution in [0.15, 0.2) is 47.7 Å². The van der Waals surface area contributed by atoms with Gasteiger partial charge in [0.25, 0.3) is 0 Å². The van der Waals surface area contributed by atoms with Gasteiger partial charge in [-0.3, -0.25) is 0 Å². The van der Waals surface area contributed by atoms with Gasteiger partial charge in [-0.25, -0.2) is 9.67 Å². The predicted molar refractivity (Wildman–Crippen MR) is 95.8 cm³/mol. The number of nitrogens with one attached hydrogen (secondary N) is 2. The SMILES string of the molecule is CCNC(=NCc1ccc(-n2cccn2)cc1)NCCC(C)C. The van der Waals surface area contributed by atoms with E-state index in [2.05, 4.69) is 65.8 Å². The first-order valence-electron chi connectivity index (χ1n) is 8.30. The van der Waals surface area contributed by atoms with Gasteiger partial charge in [-0.15, -0.1) is 0 Å². The Balaban J connectivity index is 1.92. The minimum Gasteiger partial charge on any atom is -0.357 e. The number of nitrogens with zero attached hydrogens (tertiary/aromatic N) is 3. The van der Waals surface area contributed by atoms with Gasteiger partial charge < -0.3 is 10.6 Å². The third-order valence-electron chi connectivity index (χ3n) is 3.48. The number of guanidine groups is 1. The van der Waals surface area contributed by atoms with E-state index in [1.54, 1.807) is 6.20 Å². The molecule has 23 heavy (non-hydrogen) atoms. The fraction of sp³-hybridized carbons (Fsp3) is 0.444. The summed E-state index contributed by atoms with van der Waals surface area (Å²) in [6.07, 6.45) is 4.86. The van der Waals surface area contributed by atoms with Crippen molar-refractivity contribution >= 4 is 5.96 Å². The maximum absolute atomic E-state index is 4.64. The Hall–Kier alpha value is -2.30. The van der Waals surface area contributed by atoms with Crippen LogP contribution in [0.2, 0.25) is 0 Å². The number of aliphatic imine (C=N–C) groups is 1. The minimum absolute atomic E-state index is 0.663. The smallest absolute Gasteiger partial charge is 0.191 e. The molecule has 1 aromatic heterocycles. The standard InChI is InChI=1S/C18H27N5/c1-4-19-18(20-12-10-15(2)3)21-14-16-6-8-17(9-7-16)23-13-5-11-22-23/h5-9,11,13,15H,4,10,12,14H2,1-3H3,(H2,19,20,21). The predicted octanol–water partition coefficient (Wildman–Crippen LogP) is 2.97. The van der Waals surface area contributed by atoms with Gasteiger partial charge in [-0.1, -0.05) is 26.0 Å². The summed E-state index contributed by atoms with van der Waals surface area (Å²) in [5, 5.41) is 10.9. The van der Waals surface area contributed by atoms with E-state index in [-0.39, 0.29) is 0 Å². The zero-order valence-corrected chi connectivity index (χ0v) is 14.3. The average Bonchev–Trinajstić information content (AvgIpc) is 3.07. The molecule has 0 spiro atoms. The first-order valence-corrected chi connectivity index (χ1v) is 8.30. The highest BCUT2D eigenvalue weighted by atomic mass is 15.3. The van der Waals surface area contributed by atoms with Crippen molar-refractivity contribution in [3.63, 3.8) is 0 Å². The topological polar surface area (TPSA) is 54.2 Å². The second-order valence-corrected chi connectivity index (χ2v) is 5.92. The molecule has 0 aliphatic rings. The number of hydrogen-bond donors (Lipinski definition) is 2. The number of aromatic nitrogens is 2. The molecule has 5 nitrogen and oxygen atoms in total. The minimum atomic E-state index is 0.663. The van der Waals surface area contributed by atoms with Crippen LogP contribution in [-0.4, -0.2) is 28.8 Å². The Bertz CT molecular complexity index is 584. The van der Waals surface area contributed by atoms with Crippen LogP contribution < -0.4 is 10.6 Å². The first-order chi connectivity index (χ1) is 11.2. The van der Waals surface area contributed by atoms with Gasteiger partial charge in [-0.05, 0) is 43.0 Å². The summed E-state index contributed by atoms with van der Waals surface area (Å²) in [6.45, 7) is 9.02. The Morgan fingerprint density at radius 1 is 1.22 bits per heavy atom. The Morgan fingerprint density at radius 3 is 2.61 bits per heavy atom. The van der Waals surface area contributed by atoms with Gasteiger partial charge in [0.1, 0.15) is 0 Å². The van der Waals surface area contributed by atoms with E-state index in [9.17, 15) is 0 Å². The third-order valence-corrected chi connectivity index (χ3v) is 3.48. The highest BCUT2D eigenvalue weighted by molar-refractivity contribution is 5.79. The Morgan fingerprint density at radius 2 is 2.00 bits per heavy atom. The Kier molecular flexibility index (Phi) is 6.66. The molecule has 0 aliphatic carbocycles. The molecule has 0 unspecified atom stereocenters. The summed E-state index contributed by atoms with van der Waals surface area (Å²) in [5.74, 6) is 1.57. The molecular weight excluding hydrogens is 286 g/mol. The number of hydrogen-bond acceptors (Lipinski definition) is 2. The van der Waals surface area contributed by atoms with Crippen LogP contribution in [0.5, 0.6) is 0 Å². The Labute approximate surface area is 138 Å². The molecule has 1 heterocycles. The van der Waals surface area contributed by atoms with E-state index in [0.717, 1.165) is 31.2 Å². The van der Waals surface area contributed by atoms with Crippen LogP contribution >= 0.6 is 0 Å². The molecule has 0 radical (unpaired) electrons. The lowest BCUT2D eigenvalue weighted by atomic mass is 10.1. The molecule has 0 amide bonds. The van der Waals surface area contributed by atoms with Gasteiger partial charge >= 0.3 is 0 Å². The maximum Gasteiger partial charge on any atom is 0.191 e. The van der Waals surface area contributed by atoms with Gasteiger partial charge in [0, 0.05) is 25.5 Å². The fourth-order valence-corrected chi connectivity index (χ4v) is 2.17. The van der Waals surface area contributed by atoms with Crippen LogP contribution in [0.4, 0.5) is 0 Å². The summed E-state index contributed by atoms with van der Waals surface area (Å²) in [6, 6.07) is 10.2. The summed E-state index contributed by atoms with van der Waals surface area (Å²) in [5.41, 5.74) is 2.24. The van der Waals surface area contributed by atoms with Crippen molar-refractivity contribution in [3.8, 4) is 5.69 Å². The maximum atomic E-state index is 4.64. The quantitative estimate of drug-likeness (QED) is 0.610. The normalized spacial score (nSPS) is 11.7. The average molecular weight is 313 g/mol. The van der Waals surface area contributed by atoms with Crippen LogP contribution in [-0.2, 0) is 6.54 Å². The lowest BCUT2D eigenvalue weighted by molar-refractivity contribution is 0.573. The van der Waals surface area contributed by atoms with Crippen LogP contribution in [0.25, 0.3) is 5.69 Å². The summed E-state index contributed by atoms with van der Waals surface area (Å²) < 4.78 is 1.85. The molecule has 0 aliphatic heterocycles. The van der Waals surface area contributed by atoms with E-state index >= 15 is 0 Å². The van der Waals surface area contributed by atoms with Crippen LogP contribution in [0.3, 0.4) is 0 Å². The van der Waals surface area contributed by atoms with Crippen molar-refractivity contribution in [1.29, 1.82) is 0 Å². The summed E-state index contributed by atoms with van der Waals surface area (Å²) >= 11 is 0. The molecular formula is C18H27N5. The largest absolute Gasteiger partial charge is 0.357 e. The molecule has 2 N–H and O–H groups in total. The second-order valence-electron chi connectivity index (χ2n) is 5.92. The first kappa shape index (κ1) is 17.1. The van der Waals surface area contributed by atoms with Crippen LogP contribution in [0.1, 0.15) is 32.8 Å². The molecule has 2 aromatic rings. The van der Waals surface area contributed by atoms with E-state index in [1.165, 1.54) is 5.56 Å². The third kappa shape index (κ3) is 5.77. The van der Waals surface area contributed by atoms with Crippen molar-refractivity contribution in [2.75, 3.05) is 13.1 Å². The molecule has 2 rings (SSSR count). The monoisotopic (exact) mass is 313 g/mol. The number of rotatable bonds is 7. The second kappa shape index (κ2) is 8.98. The summed E-state index contributed by atoms with van der Waals surface area (Å²) in [7, 11) is 0. The molecule has 0 fully saturated rings. The van der Waals surface area contributed by atoms with Crippen molar-refractivity contribution in [3.05, 3.63) is 48.3 Å². The van der Waals surface area contributed by atoms with E-state index in [0.29, 0.717) is 12.5 Å². The highest BCUT2D eigenvalue weighted by Gasteiger charge is 2.00. The molecule has 5 heteroatoms. The van der Waals surface area contributed by atoms with E-state index in [4.69, 9.17) is 0 Å².